The van der Waals surface area contributed by atoms with Gasteiger partial charge in [-0.25, -0.2) is 4.98 Å². The third-order valence-electron chi connectivity index (χ3n) is 2.48. The summed E-state index contributed by atoms with van der Waals surface area (Å²) < 4.78 is 0.888. The van der Waals surface area contributed by atoms with Crippen LogP contribution >= 0.6 is 15.9 Å². The number of amides is 1. The fourth-order valence-corrected chi connectivity index (χ4v) is 1.73. The van der Waals surface area contributed by atoms with E-state index in [1.165, 1.54) is 12.4 Å². The molecule has 2 rings (SSSR count). The fourth-order valence-electron chi connectivity index (χ4n) is 1.50. The van der Waals surface area contributed by atoms with Crippen LogP contribution < -0.4 is 16.6 Å². The number of hydrazine groups is 1. The van der Waals surface area contributed by atoms with Crippen molar-refractivity contribution in [1.82, 2.24) is 9.97 Å². The summed E-state index contributed by atoms with van der Waals surface area (Å²) in [5.74, 6) is 5.51. The van der Waals surface area contributed by atoms with Gasteiger partial charge in [0.25, 0.3) is 5.91 Å². The van der Waals surface area contributed by atoms with Gasteiger partial charge in [0.05, 0.1) is 23.1 Å². The van der Waals surface area contributed by atoms with Gasteiger partial charge in [-0.2, -0.15) is 0 Å². The van der Waals surface area contributed by atoms with Crippen molar-refractivity contribution < 1.29 is 4.79 Å². The molecular formula is C12H12BrN5O. The van der Waals surface area contributed by atoms with E-state index in [-0.39, 0.29) is 5.91 Å². The van der Waals surface area contributed by atoms with E-state index < -0.39 is 0 Å². The summed E-state index contributed by atoms with van der Waals surface area (Å²) >= 11 is 3.35. The predicted molar refractivity (Wildman–Crippen MR) is 76.7 cm³/mol. The molecule has 0 saturated heterocycles. The van der Waals surface area contributed by atoms with Gasteiger partial charge >= 0.3 is 0 Å². The highest BCUT2D eigenvalue weighted by Gasteiger charge is 2.11. The molecule has 2 aromatic heterocycles. The second kappa shape index (κ2) is 5.77. The highest BCUT2D eigenvalue weighted by atomic mass is 79.9. The maximum absolute atomic E-state index is 12.1. The number of aromatic nitrogens is 2. The van der Waals surface area contributed by atoms with Gasteiger partial charge in [0.1, 0.15) is 5.82 Å². The average molecular weight is 322 g/mol. The number of aryl methyl sites for hydroxylation is 1. The Kier molecular flexibility index (Phi) is 4.08. The number of nitrogens with zero attached hydrogens (tertiary/aromatic N) is 2. The largest absolute Gasteiger partial charge is 0.322 e. The Labute approximate surface area is 118 Å². The van der Waals surface area contributed by atoms with E-state index in [0.717, 1.165) is 10.2 Å². The molecule has 1 amide bonds. The van der Waals surface area contributed by atoms with Crippen molar-refractivity contribution in [2.45, 2.75) is 6.92 Å². The zero-order chi connectivity index (χ0) is 13.8. The number of nitrogens with one attached hydrogen (secondary N) is 2. The third kappa shape index (κ3) is 3.07. The van der Waals surface area contributed by atoms with Crippen LogP contribution in [0.5, 0.6) is 0 Å². The molecule has 98 valence electrons. The number of rotatable bonds is 3. The molecule has 0 aliphatic heterocycles. The molecule has 0 aromatic carbocycles. The summed E-state index contributed by atoms with van der Waals surface area (Å²) in [4.78, 5) is 20.2. The van der Waals surface area contributed by atoms with Gasteiger partial charge in [-0.1, -0.05) is 0 Å². The maximum Gasteiger partial charge on any atom is 0.259 e. The molecule has 2 aromatic rings. The van der Waals surface area contributed by atoms with Crippen molar-refractivity contribution >= 4 is 33.3 Å². The van der Waals surface area contributed by atoms with Crippen LogP contribution in [0, 0.1) is 6.92 Å². The normalized spacial score (nSPS) is 10.1. The second-order valence-corrected chi connectivity index (χ2v) is 4.64. The average Bonchev–Trinajstić information content (AvgIpc) is 2.43. The minimum atomic E-state index is -0.301. The Morgan fingerprint density at radius 3 is 2.84 bits per heavy atom. The van der Waals surface area contributed by atoms with Crippen molar-refractivity contribution in [3.63, 3.8) is 0 Å². The SMILES string of the molecule is Cc1nc(NC(=O)c2ccncc2NN)ccc1Br. The van der Waals surface area contributed by atoms with Crippen LogP contribution in [0.3, 0.4) is 0 Å². The molecule has 4 N–H and O–H groups in total. The van der Waals surface area contributed by atoms with E-state index in [1.807, 2.05) is 13.0 Å². The number of carbonyl (C=O) groups is 1. The number of pyridine rings is 2. The Bertz CT molecular complexity index is 617. The summed E-state index contributed by atoms with van der Waals surface area (Å²) in [6, 6.07) is 5.12. The summed E-state index contributed by atoms with van der Waals surface area (Å²) in [5.41, 5.74) is 4.08. The van der Waals surface area contributed by atoms with Gasteiger partial charge in [0.2, 0.25) is 0 Å². The molecule has 2 heterocycles. The first-order valence-electron chi connectivity index (χ1n) is 5.47. The number of halogens is 1. The Balaban J connectivity index is 2.23. The highest BCUT2D eigenvalue weighted by Crippen LogP contribution is 2.18. The fraction of sp³-hybridized carbons (Fsp3) is 0.0833. The molecule has 0 spiro atoms. The Hall–Kier alpha value is -1.99. The van der Waals surface area contributed by atoms with Crippen molar-refractivity contribution in [2.75, 3.05) is 10.7 Å². The Morgan fingerprint density at radius 1 is 1.37 bits per heavy atom. The molecule has 0 atom stereocenters. The van der Waals surface area contributed by atoms with Crippen molar-refractivity contribution in [3.8, 4) is 0 Å². The van der Waals surface area contributed by atoms with Crippen LogP contribution in [0.1, 0.15) is 16.1 Å². The summed E-state index contributed by atoms with van der Waals surface area (Å²) in [5, 5.41) is 2.71. The molecule has 0 radical (unpaired) electrons. The van der Waals surface area contributed by atoms with Crippen LogP contribution in [-0.4, -0.2) is 15.9 Å². The minimum Gasteiger partial charge on any atom is -0.322 e. The van der Waals surface area contributed by atoms with E-state index >= 15 is 0 Å². The van der Waals surface area contributed by atoms with Gasteiger partial charge in [-0.3, -0.25) is 15.6 Å². The number of anilines is 2. The van der Waals surface area contributed by atoms with Crippen molar-refractivity contribution in [2.24, 2.45) is 5.84 Å². The molecule has 0 bridgehead atoms. The first-order valence-corrected chi connectivity index (χ1v) is 6.26. The standard InChI is InChI=1S/C12H12BrN5O/c1-7-9(13)2-3-11(16-7)17-12(19)8-4-5-15-6-10(8)18-14/h2-6,18H,14H2,1H3,(H,16,17,19). The van der Waals surface area contributed by atoms with Gasteiger partial charge < -0.3 is 10.7 Å². The highest BCUT2D eigenvalue weighted by molar-refractivity contribution is 9.10. The summed E-state index contributed by atoms with van der Waals surface area (Å²) in [6.07, 6.45) is 3.01. The van der Waals surface area contributed by atoms with Crippen LogP contribution in [0.25, 0.3) is 0 Å². The summed E-state index contributed by atoms with van der Waals surface area (Å²) in [6.45, 7) is 1.85. The topological polar surface area (TPSA) is 92.9 Å². The van der Waals surface area contributed by atoms with Crippen LogP contribution in [0.2, 0.25) is 0 Å². The Morgan fingerprint density at radius 2 is 2.16 bits per heavy atom. The zero-order valence-electron chi connectivity index (χ0n) is 10.1. The molecule has 19 heavy (non-hydrogen) atoms. The molecule has 0 saturated carbocycles. The van der Waals surface area contributed by atoms with Crippen molar-refractivity contribution in [3.05, 3.63) is 46.3 Å². The van der Waals surface area contributed by atoms with E-state index in [9.17, 15) is 4.79 Å². The lowest BCUT2D eigenvalue weighted by atomic mass is 10.2. The molecule has 0 unspecified atom stereocenters. The molecule has 6 nitrogen and oxygen atoms in total. The first-order chi connectivity index (χ1) is 9.11. The quantitative estimate of drug-likeness (QED) is 0.594. The smallest absolute Gasteiger partial charge is 0.259 e. The lowest BCUT2D eigenvalue weighted by Gasteiger charge is -2.09. The monoisotopic (exact) mass is 321 g/mol. The van der Waals surface area contributed by atoms with Crippen LogP contribution in [0.15, 0.2) is 35.1 Å². The van der Waals surface area contributed by atoms with Crippen LogP contribution in [0.4, 0.5) is 11.5 Å². The number of nitrogens with two attached hydrogens (primary N) is 1. The lowest BCUT2D eigenvalue weighted by molar-refractivity contribution is 0.102. The summed E-state index contributed by atoms with van der Waals surface area (Å²) in [7, 11) is 0. The molecule has 0 fully saturated rings. The van der Waals surface area contributed by atoms with Gasteiger partial charge in [0.15, 0.2) is 0 Å². The van der Waals surface area contributed by atoms with E-state index in [4.69, 9.17) is 5.84 Å². The second-order valence-electron chi connectivity index (χ2n) is 3.78. The predicted octanol–water partition coefficient (Wildman–Crippen LogP) is 2.09. The van der Waals surface area contributed by atoms with Gasteiger partial charge in [0, 0.05) is 10.7 Å². The van der Waals surface area contributed by atoms with Gasteiger partial charge in [-0.05, 0) is 41.1 Å². The molecular weight excluding hydrogens is 310 g/mol. The van der Waals surface area contributed by atoms with Crippen LogP contribution in [-0.2, 0) is 0 Å². The van der Waals surface area contributed by atoms with E-state index in [2.05, 4.69) is 36.6 Å². The number of hydrogen-bond acceptors (Lipinski definition) is 5. The van der Waals surface area contributed by atoms with E-state index in [0.29, 0.717) is 17.1 Å². The van der Waals surface area contributed by atoms with E-state index in [1.54, 1.807) is 12.1 Å². The number of nitrogen functional groups attached to an aromatic ring is 1. The molecule has 7 heteroatoms. The van der Waals surface area contributed by atoms with Crippen molar-refractivity contribution in [1.29, 1.82) is 0 Å². The zero-order valence-corrected chi connectivity index (χ0v) is 11.7. The maximum atomic E-state index is 12.1. The minimum absolute atomic E-state index is 0.301. The molecule has 0 aliphatic carbocycles. The number of carbonyl (C=O) groups excluding carboxylic acids is 1. The van der Waals surface area contributed by atoms with Gasteiger partial charge in [-0.15, -0.1) is 0 Å². The number of hydrogen-bond donors (Lipinski definition) is 3. The third-order valence-corrected chi connectivity index (χ3v) is 3.32. The molecule has 0 aliphatic rings. The first kappa shape index (κ1) is 13.4. The lowest BCUT2D eigenvalue weighted by Crippen LogP contribution is -2.18.